The summed E-state index contributed by atoms with van der Waals surface area (Å²) in [5, 5.41) is 10.3. The van der Waals surface area contributed by atoms with Crippen LogP contribution >= 0.6 is 0 Å². The Bertz CT molecular complexity index is 676. The molecule has 0 amide bonds. The summed E-state index contributed by atoms with van der Waals surface area (Å²) in [6.07, 6.45) is 16.9. The third-order valence-corrected chi connectivity index (χ3v) is 11.2. The number of fused-ring (bicyclic) bond motifs is 5. The lowest BCUT2D eigenvalue weighted by Gasteiger charge is -2.61. The summed E-state index contributed by atoms with van der Waals surface area (Å²) < 4.78 is 0. The van der Waals surface area contributed by atoms with Gasteiger partial charge in [-0.15, -0.1) is 0 Å². The third kappa shape index (κ3) is 3.66. The van der Waals surface area contributed by atoms with Crippen molar-refractivity contribution in [2.45, 2.75) is 111 Å². The van der Waals surface area contributed by atoms with Crippen LogP contribution in [0.3, 0.4) is 0 Å². The molecule has 4 rings (SSSR count). The van der Waals surface area contributed by atoms with Crippen molar-refractivity contribution >= 4 is 0 Å². The zero-order chi connectivity index (χ0) is 21.7. The van der Waals surface area contributed by atoms with Gasteiger partial charge in [-0.3, -0.25) is 0 Å². The molecule has 1 nitrogen and oxygen atoms in total. The Morgan fingerprint density at radius 1 is 1.03 bits per heavy atom. The number of aliphatic hydroxyl groups excluding tert-OH is 1. The van der Waals surface area contributed by atoms with Crippen molar-refractivity contribution in [2.24, 2.45) is 46.3 Å². The van der Waals surface area contributed by atoms with Crippen molar-refractivity contribution < 1.29 is 5.11 Å². The fourth-order valence-electron chi connectivity index (χ4n) is 9.40. The average molecular weight is 413 g/mol. The molecule has 0 aromatic rings. The molecule has 0 aliphatic heterocycles. The normalized spacial score (nSPS) is 47.2. The van der Waals surface area contributed by atoms with Gasteiger partial charge in [0.25, 0.3) is 0 Å². The van der Waals surface area contributed by atoms with E-state index in [1.165, 1.54) is 68.9 Å². The molecule has 170 valence electrons. The average Bonchev–Trinajstić information content (AvgIpc) is 3.06. The highest BCUT2D eigenvalue weighted by Gasteiger charge is 2.60. The van der Waals surface area contributed by atoms with E-state index in [1.807, 2.05) is 0 Å². The SMILES string of the molecule is C=C(C)C(=CC)CC[C@@H](C)[C@H]1CC[C@H]2[C@@H]3CC[C@H]4C[C@@H](O)CC[C@]4(C)[C@H]3CC[C@]12C. The topological polar surface area (TPSA) is 20.2 Å². The zero-order valence-electron chi connectivity index (χ0n) is 20.6. The minimum absolute atomic E-state index is 0.0218. The third-order valence-electron chi connectivity index (χ3n) is 11.2. The fourth-order valence-corrected chi connectivity index (χ4v) is 9.40. The molecule has 0 saturated heterocycles. The van der Waals surface area contributed by atoms with Gasteiger partial charge in [0.1, 0.15) is 0 Å². The Kier molecular flexibility index (Phi) is 6.35. The van der Waals surface area contributed by atoms with Crippen LogP contribution in [0.2, 0.25) is 0 Å². The lowest BCUT2D eigenvalue weighted by atomic mass is 9.44. The van der Waals surface area contributed by atoms with Crippen LogP contribution in [0, 0.1) is 46.3 Å². The first-order valence-electron chi connectivity index (χ1n) is 13.2. The second-order valence-corrected chi connectivity index (χ2v) is 12.4. The Hall–Kier alpha value is -0.560. The van der Waals surface area contributed by atoms with Crippen molar-refractivity contribution in [3.63, 3.8) is 0 Å². The Balaban J connectivity index is 1.47. The standard InChI is InChI=1S/C29H48O/c1-7-21(19(2)3)9-8-20(4)25-12-13-26-24-11-10-22-18-23(30)14-16-28(22,5)27(24)15-17-29(25,26)6/h7,20,22-27,30H,2,8-18H2,1,3-6H3/t20-,22+,23+,24+,25-,26+,27+,28+,29-/m1/s1. The van der Waals surface area contributed by atoms with E-state index in [0.717, 1.165) is 48.3 Å². The largest absolute Gasteiger partial charge is 0.393 e. The highest BCUT2D eigenvalue weighted by molar-refractivity contribution is 5.25. The highest BCUT2D eigenvalue weighted by atomic mass is 16.3. The molecule has 0 aromatic carbocycles. The van der Waals surface area contributed by atoms with E-state index in [4.69, 9.17) is 0 Å². The summed E-state index contributed by atoms with van der Waals surface area (Å²) in [5.74, 6) is 5.35. The molecule has 9 atom stereocenters. The summed E-state index contributed by atoms with van der Waals surface area (Å²) in [4.78, 5) is 0. The van der Waals surface area contributed by atoms with E-state index < -0.39 is 0 Å². The fraction of sp³-hybridized carbons (Fsp3) is 0.862. The first-order valence-corrected chi connectivity index (χ1v) is 13.2. The number of hydrogen-bond acceptors (Lipinski definition) is 1. The van der Waals surface area contributed by atoms with Gasteiger partial charge in [0.2, 0.25) is 0 Å². The van der Waals surface area contributed by atoms with Crippen molar-refractivity contribution in [3.8, 4) is 0 Å². The molecule has 0 radical (unpaired) electrons. The maximum absolute atomic E-state index is 10.3. The predicted molar refractivity (Wildman–Crippen MR) is 128 cm³/mol. The van der Waals surface area contributed by atoms with Gasteiger partial charge in [0, 0.05) is 0 Å². The number of allylic oxidation sites excluding steroid dienone is 3. The van der Waals surface area contributed by atoms with Crippen LogP contribution in [-0.4, -0.2) is 11.2 Å². The molecule has 30 heavy (non-hydrogen) atoms. The van der Waals surface area contributed by atoms with Gasteiger partial charge in [0.15, 0.2) is 0 Å². The van der Waals surface area contributed by atoms with Gasteiger partial charge in [-0.2, -0.15) is 0 Å². The Morgan fingerprint density at radius 3 is 2.43 bits per heavy atom. The van der Waals surface area contributed by atoms with Gasteiger partial charge in [-0.1, -0.05) is 39.0 Å². The van der Waals surface area contributed by atoms with E-state index in [9.17, 15) is 5.11 Å². The lowest BCUT2D eigenvalue weighted by Crippen LogP contribution is -2.54. The molecule has 1 N–H and O–H groups in total. The number of hydrogen-bond donors (Lipinski definition) is 1. The molecule has 4 aliphatic rings. The quantitative estimate of drug-likeness (QED) is 0.454. The smallest absolute Gasteiger partial charge is 0.0543 e. The van der Waals surface area contributed by atoms with Crippen LogP contribution < -0.4 is 0 Å². The molecule has 1 heteroatoms. The second-order valence-electron chi connectivity index (χ2n) is 12.4. The van der Waals surface area contributed by atoms with E-state index in [-0.39, 0.29) is 6.10 Å². The molecule has 0 bridgehead atoms. The van der Waals surface area contributed by atoms with E-state index in [1.54, 1.807) is 0 Å². The molecular formula is C29H48O. The predicted octanol–water partition coefficient (Wildman–Crippen LogP) is 7.94. The summed E-state index contributed by atoms with van der Waals surface area (Å²) in [7, 11) is 0. The molecule has 4 fully saturated rings. The number of rotatable bonds is 5. The number of aliphatic hydroxyl groups is 1. The first kappa shape index (κ1) is 22.6. The van der Waals surface area contributed by atoms with Crippen LogP contribution in [0.1, 0.15) is 105 Å². The van der Waals surface area contributed by atoms with Crippen molar-refractivity contribution in [1.82, 2.24) is 0 Å². The first-order chi connectivity index (χ1) is 14.2. The minimum atomic E-state index is -0.0218. The molecular weight excluding hydrogens is 364 g/mol. The summed E-state index contributed by atoms with van der Waals surface area (Å²) in [5.41, 5.74) is 3.80. The summed E-state index contributed by atoms with van der Waals surface area (Å²) in [6.45, 7) is 16.4. The van der Waals surface area contributed by atoms with E-state index >= 15 is 0 Å². The molecule has 4 aliphatic carbocycles. The van der Waals surface area contributed by atoms with Gasteiger partial charge in [-0.25, -0.2) is 0 Å². The van der Waals surface area contributed by atoms with Crippen molar-refractivity contribution in [1.29, 1.82) is 0 Å². The van der Waals surface area contributed by atoms with Crippen molar-refractivity contribution in [3.05, 3.63) is 23.8 Å². The van der Waals surface area contributed by atoms with E-state index in [0.29, 0.717) is 10.8 Å². The van der Waals surface area contributed by atoms with Crippen LogP contribution in [-0.2, 0) is 0 Å². The molecule has 0 unspecified atom stereocenters. The Labute approximate surface area is 186 Å². The van der Waals surface area contributed by atoms with Crippen LogP contribution in [0.15, 0.2) is 23.8 Å². The zero-order valence-corrected chi connectivity index (χ0v) is 20.6. The second kappa shape index (κ2) is 8.42. The Morgan fingerprint density at radius 2 is 1.73 bits per heavy atom. The van der Waals surface area contributed by atoms with Gasteiger partial charge in [0.05, 0.1) is 6.10 Å². The van der Waals surface area contributed by atoms with Crippen molar-refractivity contribution in [2.75, 3.05) is 0 Å². The van der Waals surface area contributed by atoms with Gasteiger partial charge in [-0.05, 0) is 136 Å². The van der Waals surface area contributed by atoms with Gasteiger partial charge >= 0.3 is 0 Å². The molecule has 4 saturated carbocycles. The van der Waals surface area contributed by atoms with Gasteiger partial charge < -0.3 is 5.11 Å². The summed E-state index contributed by atoms with van der Waals surface area (Å²) >= 11 is 0. The summed E-state index contributed by atoms with van der Waals surface area (Å²) in [6, 6.07) is 0. The van der Waals surface area contributed by atoms with Crippen LogP contribution in [0.5, 0.6) is 0 Å². The van der Waals surface area contributed by atoms with Crippen LogP contribution in [0.25, 0.3) is 0 Å². The lowest BCUT2D eigenvalue weighted by molar-refractivity contribution is -0.129. The minimum Gasteiger partial charge on any atom is -0.393 e. The molecule has 0 heterocycles. The maximum Gasteiger partial charge on any atom is 0.0543 e. The molecule has 0 spiro atoms. The van der Waals surface area contributed by atoms with E-state index in [2.05, 4.69) is 47.3 Å². The maximum atomic E-state index is 10.3. The highest BCUT2D eigenvalue weighted by Crippen LogP contribution is 2.68. The van der Waals surface area contributed by atoms with Crippen LogP contribution in [0.4, 0.5) is 0 Å². The molecule has 0 aromatic heterocycles. The monoisotopic (exact) mass is 412 g/mol.